The number of pyridine rings is 1. The molecular weight excluding hydrogens is 360 g/mol. The highest BCUT2D eigenvalue weighted by molar-refractivity contribution is 6.34. The summed E-state index contributed by atoms with van der Waals surface area (Å²) in [4.78, 5) is 17.8. The highest BCUT2D eigenvalue weighted by Crippen LogP contribution is 2.28. The van der Waals surface area contributed by atoms with Crippen LogP contribution in [0.15, 0.2) is 60.7 Å². The molecule has 0 aliphatic carbocycles. The van der Waals surface area contributed by atoms with E-state index in [0.29, 0.717) is 21.9 Å². The van der Waals surface area contributed by atoms with E-state index in [0.717, 1.165) is 22.3 Å². The summed E-state index contributed by atoms with van der Waals surface area (Å²) >= 11 is 6.19. The van der Waals surface area contributed by atoms with Gasteiger partial charge in [-0.2, -0.15) is 5.10 Å². The van der Waals surface area contributed by atoms with Crippen LogP contribution in [0.5, 0.6) is 0 Å². The van der Waals surface area contributed by atoms with Crippen molar-refractivity contribution in [1.29, 1.82) is 0 Å². The first-order chi connectivity index (χ1) is 13.0. The van der Waals surface area contributed by atoms with Gasteiger partial charge in [-0.05, 0) is 25.1 Å². The van der Waals surface area contributed by atoms with Gasteiger partial charge in [-0.3, -0.25) is 9.48 Å². The Bertz CT molecular complexity index is 1150. The molecule has 0 radical (unpaired) electrons. The number of nitrogens with zero attached hydrogens (tertiary/aromatic N) is 3. The van der Waals surface area contributed by atoms with E-state index >= 15 is 0 Å². The SMILES string of the molecule is Cc1nn(C)c2nc(-c3ccccc3)cc(C(=O)Nc3ccccc3Cl)c12. The molecule has 2 aromatic heterocycles. The molecule has 2 aromatic carbocycles. The summed E-state index contributed by atoms with van der Waals surface area (Å²) in [6.07, 6.45) is 0. The van der Waals surface area contributed by atoms with Crippen LogP contribution in [0.4, 0.5) is 5.69 Å². The molecule has 0 saturated heterocycles. The molecule has 0 fully saturated rings. The predicted octanol–water partition coefficient (Wildman–Crippen LogP) is 4.85. The summed E-state index contributed by atoms with van der Waals surface area (Å²) in [7, 11) is 1.83. The number of carbonyl (C=O) groups excluding carboxylic acids is 1. The summed E-state index contributed by atoms with van der Waals surface area (Å²) in [5.74, 6) is -0.246. The predicted molar refractivity (Wildman–Crippen MR) is 108 cm³/mol. The minimum Gasteiger partial charge on any atom is -0.321 e. The molecule has 27 heavy (non-hydrogen) atoms. The number of anilines is 1. The molecular formula is C21H17ClN4O. The standard InChI is InChI=1S/C21H17ClN4O/c1-13-19-15(21(27)24-17-11-7-6-10-16(17)22)12-18(14-8-4-3-5-9-14)23-20(19)26(2)25-13/h3-12H,1-2H3,(H,24,27). The third-order valence-corrected chi connectivity index (χ3v) is 4.73. The van der Waals surface area contributed by atoms with E-state index in [1.54, 1.807) is 22.9 Å². The second-order valence-corrected chi connectivity index (χ2v) is 6.67. The number of nitrogens with one attached hydrogen (secondary N) is 1. The number of para-hydroxylation sites is 1. The maximum absolute atomic E-state index is 13.1. The van der Waals surface area contributed by atoms with Crippen LogP contribution in [0.25, 0.3) is 22.3 Å². The van der Waals surface area contributed by atoms with Crippen molar-refractivity contribution in [1.82, 2.24) is 14.8 Å². The molecule has 0 aliphatic heterocycles. The minimum absolute atomic E-state index is 0.246. The van der Waals surface area contributed by atoms with Gasteiger partial charge in [0.05, 0.1) is 33.0 Å². The second kappa shape index (κ2) is 6.85. The Morgan fingerprint density at radius 1 is 1.07 bits per heavy atom. The van der Waals surface area contributed by atoms with E-state index in [4.69, 9.17) is 16.6 Å². The molecule has 134 valence electrons. The van der Waals surface area contributed by atoms with Crippen LogP contribution in [-0.2, 0) is 7.05 Å². The monoisotopic (exact) mass is 376 g/mol. The summed E-state index contributed by atoms with van der Waals surface area (Å²) in [6, 6.07) is 18.7. The Kier molecular flexibility index (Phi) is 4.38. The fraction of sp³-hybridized carbons (Fsp3) is 0.0952. The smallest absolute Gasteiger partial charge is 0.256 e. The summed E-state index contributed by atoms with van der Waals surface area (Å²) < 4.78 is 1.70. The van der Waals surface area contributed by atoms with E-state index < -0.39 is 0 Å². The molecule has 0 atom stereocenters. The quantitative estimate of drug-likeness (QED) is 0.556. The third kappa shape index (κ3) is 3.17. The van der Waals surface area contributed by atoms with E-state index in [1.165, 1.54) is 0 Å². The van der Waals surface area contributed by atoms with Gasteiger partial charge in [0.1, 0.15) is 0 Å². The summed E-state index contributed by atoms with van der Waals surface area (Å²) in [5, 5.41) is 8.56. The average Bonchev–Trinajstić information content (AvgIpc) is 2.97. The molecule has 0 spiro atoms. The van der Waals surface area contributed by atoms with Gasteiger partial charge in [0.15, 0.2) is 5.65 Å². The van der Waals surface area contributed by atoms with Gasteiger partial charge in [-0.15, -0.1) is 0 Å². The molecule has 5 nitrogen and oxygen atoms in total. The fourth-order valence-electron chi connectivity index (χ4n) is 3.13. The summed E-state index contributed by atoms with van der Waals surface area (Å²) in [5.41, 5.74) is 4.16. The van der Waals surface area contributed by atoms with Crippen molar-refractivity contribution < 1.29 is 4.79 Å². The topological polar surface area (TPSA) is 59.8 Å². The first-order valence-corrected chi connectivity index (χ1v) is 8.88. The van der Waals surface area contributed by atoms with Gasteiger partial charge in [0.25, 0.3) is 5.91 Å². The number of aromatic nitrogens is 3. The van der Waals surface area contributed by atoms with Crippen LogP contribution in [0, 0.1) is 6.92 Å². The normalized spacial score (nSPS) is 10.9. The van der Waals surface area contributed by atoms with Crippen LogP contribution in [0.1, 0.15) is 16.1 Å². The first kappa shape index (κ1) is 17.2. The molecule has 4 rings (SSSR count). The molecule has 1 amide bonds. The number of rotatable bonds is 3. The Morgan fingerprint density at radius 2 is 1.78 bits per heavy atom. The largest absolute Gasteiger partial charge is 0.321 e. The highest BCUT2D eigenvalue weighted by Gasteiger charge is 2.19. The van der Waals surface area contributed by atoms with Crippen LogP contribution < -0.4 is 5.32 Å². The lowest BCUT2D eigenvalue weighted by atomic mass is 10.0. The number of aryl methyl sites for hydroxylation is 2. The lowest BCUT2D eigenvalue weighted by Crippen LogP contribution is -2.13. The number of hydrogen-bond acceptors (Lipinski definition) is 3. The second-order valence-electron chi connectivity index (χ2n) is 6.26. The molecule has 1 N–H and O–H groups in total. The molecule has 4 aromatic rings. The maximum atomic E-state index is 13.1. The number of amides is 1. The zero-order valence-electron chi connectivity index (χ0n) is 14.9. The summed E-state index contributed by atoms with van der Waals surface area (Å²) in [6.45, 7) is 1.87. The van der Waals surface area contributed by atoms with Gasteiger partial charge in [-0.1, -0.05) is 54.1 Å². The number of hydrogen-bond donors (Lipinski definition) is 1. The Hall–Kier alpha value is -3.18. The fourth-order valence-corrected chi connectivity index (χ4v) is 3.32. The molecule has 2 heterocycles. The minimum atomic E-state index is -0.246. The molecule has 0 saturated carbocycles. The zero-order valence-corrected chi connectivity index (χ0v) is 15.7. The molecule has 0 bridgehead atoms. The number of halogens is 1. The van der Waals surface area contributed by atoms with Gasteiger partial charge in [0, 0.05) is 12.6 Å². The maximum Gasteiger partial charge on any atom is 0.256 e. The van der Waals surface area contributed by atoms with Crippen LogP contribution in [-0.4, -0.2) is 20.7 Å². The van der Waals surface area contributed by atoms with Crippen LogP contribution in [0.2, 0.25) is 5.02 Å². The lowest BCUT2D eigenvalue weighted by molar-refractivity contribution is 0.102. The van der Waals surface area contributed by atoms with E-state index in [-0.39, 0.29) is 5.91 Å². The lowest BCUT2D eigenvalue weighted by Gasteiger charge is -2.10. The van der Waals surface area contributed by atoms with Crippen molar-refractivity contribution in [3.05, 3.63) is 76.9 Å². The van der Waals surface area contributed by atoms with Gasteiger partial charge < -0.3 is 5.32 Å². The number of fused-ring (bicyclic) bond motifs is 1. The van der Waals surface area contributed by atoms with Crippen molar-refractivity contribution >= 4 is 34.2 Å². The van der Waals surface area contributed by atoms with E-state index in [1.807, 2.05) is 56.4 Å². The first-order valence-electron chi connectivity index (χ1n) is 8.50. The van der Waals surface area contributed by atoms with Crippen LogP contribution >= 0.6 is 11.6 Å². The van der Waals surface area contributed by atoms with Crippen molar-refractivity contribution in [3.63, 3.8) is 0 Å². The van der Waals surface area contributed by atoms with Crippen LogP contribution in [0.3, 0.4) is 0 Å². The van der Waals surface area contributed by atoms with E-state index in [9.17, 15) is 4.79 Å². The molecule has 0 aliphatic rings. The highest BCUT2D eigenvalue weighted by atomic mass is 35.5. The van der Waals surface area contributed by atoms with Crippen molar-refractivity contribution in [2.24, 2.45) is 7.05 Å². The molecule has 0 unspecified atom stereocenters. The van der Waals surface area contributed by atoms with Gasteiger partial charge in [-0.25, -0.2) is 4.98 Å². The Labute approximate surface area is 161 Å². The van der Waals surface area contributed by atoms with E-state index in [2.05, 4.69) is 10.4 Å². The molecule has 6 heteroatoms. The van der Waals surface area contributed by atoms with Crippen molar-refractivity contribution in [2.45, 2.75) is 6.92 Å². The zero-order chi connectivity index (χ0) is 19.0. The van der Waals surface area contributed by atoms with Gasteiger partial charge >= 0.3 is 0 Å². The number of benzene rings is 2. The number of carbonyl (C=O) groups is 1. The third-order valence-electron chi connectivity index (χ3n) is 4.40. The van der Waals surface area contributed by atoms with Crippen molar-refractivity contribution in [2.75, 3.05) is 5.32 Å². The van der Waals surface area contributed by atoms with Crippen molar-refractivity contribution in [3.8, 4) is 11.3 Å². The van der Waals surface area contributed by atoms with Gasteiger partial charge in [0.2, 0.25) is 0 Å². The Balaban J connectivity index is 1.88. The average molecular weight is 377 g/mol. The Morgan fingerprint density at radius 3 is 2.52 bits per heavy atom.